The van der Waals surface area contributed by atoms with Crippen molar-refractivity contribution in [1.29, 1.82) is 0 Å². The van der Waals surface area contributed by atoms with Crippen molar-refractivity contribution >= 4 is 39.1 Å². The van der Waals surface area contributed by atoms with Crippen LogP contribution in [-0.2, 0) is 14.6 Å². The summed E-state index contributed by atoms with van der Waals surface area (Å²) in [7, 11) is -1.36. The molecule has 6 nitrogen and oxygen atoms in total. The number of benzene rings is 2. The molecule has 0 N–H and O–H groups in total. The Morgan fingerprint density at radius 2 is 1.94 bits per heavy atom. The number of sulfone groups is 1. The standard InChI is InChI=1S/C23H24ClN3O3S2/c1-16-5-3-4-6-20(16)27-21(17-7-9-18(24)10-8-17)13-25-23(27)31-14-22(28)26(2)19-11-12-32(29,30)15-19/h3-10,13,19H,11-12,14-15H2,1-2H3/t19-/m0/s1. The Morgan fingerprint density at radius 1 is 1.22 bits per heavy atom. The normalized spacial score (nSPS) is 17.4. The van der Waals surface area contributed by atoms with Crippen molar-refractivity contribution in [3.05, 3.63) is 65.3 Å². The predicted molar refractivity (Wildman–Crippen MR) is 129 cm³/mol. The number of aryl methyl sites for hydroxylation is 1. The quantitative estimate of drug-likeness (QED) is 0.484. The molecule has 1 aliphatic heterocycles. The molecule has 1 amide bonds. The van der Waals surface area contributed by atoms with Crippen molar-refractivity contribution in [3.63, 3.8) is 0 Å². The summed E-state index contributed by atoms with van der Waals surface area (Å²) in [6, 6.07) is 15.3. The molecule has 1 atom stereocenters. The third kappa shape index (κ3) is 4.87. The fraction of sp³-hybridized carbons (Fsp3) is 0.304. The van der Waals surface area contributed by atoms with Crippen LogP contribution in [0.25, 0.3) is 16.9 Å². The monoisotopic (exact) mass is 489 g/mol. The molecular formula is C23H24ClN3O3S2. The van der Waals surface area contributed by atoms with Gasteiger partial charge in [-0.05, 0) is 37.1 Å². The summed E-state index contributed by atoms with van der Waals surface area (Å²) in [5.41, 5.74) is 3.94. The molecule has 0 radical (unpaired) electrons. The van der Waals surface area contributed by atoms with Crippen LogP contribution in [0.15, 0.2) is 59.9 Å². The summed E-state index contributed by atoms with van der Waals surface area (Å²) in [5, 5.41) is 1.36. The molecule has 4 rings (SSSR count). The molecule has 9 heteroatoms. The van der Waals surface area contributed by atoms with E-state index in [0.717, 1.165) is 22.5 Å². The zero-order chi connectivity index (χ0) is 22.9. The van der Waals surface area contributed by atoms with Crippen LogP contribution in [0.1, 0.15) is 12.0 Å². The highest BCUT2D eigenvalue weighted by Crippen LogP contribution is 2.32. The number of nitrogens with zero attached hydrogens (tertiary/aromatic N) is 3. The van der Waals surface area contributed by atoms with Crippen molar-refractivity contribution in [1.82, 2.24) is 14.5 Å². The van der Waals surface area contributed by atoms with Crippen LogP contribution in [0, 0.1) is 6.92 Å². The maximum atomic E-state index is 12.8. The second-order valence-electron chi connectivity index (χ2n) is 7.90. The van der Waals surface area contributed by atoms with Gasteiger partial charge in [-0.3, -0.25) is 9.36 Å². The van der Waals surface area contributed by atoms with Crippen LogP contribution in [0.4, 0.5) is 0 Å². The summed E-state index contributed by atoms with van der Waals surface area (Å²) in [5.74, 6) is 0.253. The molecule has 0 bridgehead atoms. The minimum Gasteiger partial charge on any atom is -0.341 e. The number of amides is 1. The Bertz CT molecular complexity index is 1240. The molecule has 2 aromatic carbocycles. The molecule has 2 heterocycles. The highest BCUT2D eigenvalue weighted by Gasteiger charge is 2.32. The number of para-hydroxylation sites is 1. The fourth-order valence-corrected chi connectivity index (χ4v) is 6.63. The lowest BCUT2D eigenvalue weighted by atomic mass is 10.1. The van der Waals surface area contributed by atoms with E-state index >= 15 is 0 Å². The minimum absolute atomic E-state index is 0.0401. The van der Waals surface area contributed by atoms with Crippen LogP contribution in [0.3, 0.4) is 0 Å². The van der Waals surface area contributed by atoms with E-state index in [1.165, 1.54) is 11.8 Å². The highest BCUT2D eigenvalue weighted by molar-refractivity contribution is 7.99. The van der Waals surface area contributed by atoms with Crippen LogP contribution < -0.4 is 0 Å². The topological polar surface area (TPSA) is 72.3 Å². The molecule has 0 aliphatic carbocycles. The van der Waals surface area contributed by atoms with E-state index in [4.69, 9.17) is 11.6 Å². The second-order valence-corrected chi connectivity index (χ2v) is 11.5. The minimum atomic E-state index is -3.05. The Balaban J connectivity index is 1.61. The van der Waals surface area contributed by atoms with Gasteiger partial charge in [0.25, 0.3) is 0 Å². The van der Waals surface area contributed by atoms with Gasteiger partial charge in [-0.25, -0.2) is 13.4 Å². The molecule has 3 aromatic rings. The zero-order valence-corrected chi connectivity index (χ0v) is 20.3. The second kappa shape index (κ2) is 9.29. The van der Waals surface area contributed by atoms with Gasteiger partial charge in [-0.15, -0.1) is 0 Å². The van der Waals surface area contributed by atoms with Gasteiger partial charge < -0.3 is 4.90 Å². The highest BCUT2D eigenvalue weighted by atomic mass is 35.5. The lowest BCUT2D eigenvalue weighted by Crippen LogP contribution is -2.38. The van der Waals surface area contributed by atoms with E-state index in [0.29, 0.717) is 16.6 Å². The number of hydrogen-bond donors (Lipinski definition) is 0. The van der Waals surface area contributed by atoms with Crippen molar-refractivity contribution in [2.24, 2.45) is 0 Å². The lowest BCUT2D eigenvalue weighted by molar-refractivity contribution is -0.128. The van der Waals surface area contributed by atoms with Crippen LogP contribution >= 0.6 is 23.4 Å². The first-order chi connectivity index (χ1) is 15.2. The molecule has 1 saturated heterocycles. The van der Waals surface area contributed by atoms with Crippen molar-refractivity contribution in [2.45, 2.75) is 24.5 Å². The molecule has 168 valence electrons. The van der Waals surface area contributed by atoms with Crippen molar-refractivity contribution < 1.29 is 13.2 Å². The van der Waals surface area contributed by atoms with E-state index < -0.39 is 9.84 Å². The first-order valence-corrected chi connectivity index (χ1v) is 13.4. The van der Waals surface area contributed by atoms with Gasteiger partial charge >= 0.3 is 0 Å². The third-order valence-electron chi connectivity index (χ3n) is 5.70. The summed E-state index contributed by atoms with van der Waals surface area (Å²) in [4.78, 5) is 19.0. The van der Waals surface area contributed by atoms with Gasteiger partial charge in [0.05, 0.1) is 34.8 Å². The smallest absolute Gasteiger partial charge is 0.233 e. The Labute approximate surface area is 197 Å². The van der Waals surface area contributed by atoms with Crippen LogP contribution in [-0.4, -0.2) is 59.1 Å². The Hall–Kier alpha value is -2.29. The van der Waals surface area contributed by atoms with E-state index in [2.05, 4.69) is 9.55 Å². The predicted octanol–water partition coefficient (Wildman–Crippen LogP) is 4.24. The SMILES string of the molecule is Cc1ccccc1-n1c(-c2ccc(Cl)cc2)cnc1SCC(=O)N(C)[C@H]1CCS(=O)(=O)C1. The van der Waals surface area contributed by atoms with E-state index in [-0.39, 0.29) is 29.2 Å². The van der Waals surface area contributed by atoms with Crippen LogP contribution in [0.2, 0.25) is 5.02 Å². The number of halogens is 1. The van der Waals surface area contributed by atoms with Gasteiger partial charge in [0.1, 0.15) is 0 Å². The third-order valence-corrected chi connectivity index (χ3v) is 8.64. The number of imidazole rings is 1. The van der Waals surface area contributed by atoms with Gasteiger partial charge in [0.15, 0.2) is 15.0 Å². The number of thioether (sulfide) groups is 1. The van der Waals surface area contributed by atoms with Gasteiger partial charge in [-0.1, -0.05) is 53.7 Å². The van der Waals surface area contributed by atoms with E-state index in [1.54, 1.807) is 18.1 Å². The molecule has 0 saturated carbocycles. The number of hydrogen-bond acceptors (Lipinski definition) is 5. The van der Waals surface area contributed by atoms with Crippen LogP contribution in [0.5, 0.6) is 0 Å². The molecule has 1 fully saturated rings. The molecule has 1 aliphatic rings. The summed E-state index contributed by atoms with van der Waals surface area (Å²) in [6.45, 7) is 2.04. The first-order valence-electron chi connectivity index (χ1n) is 10.2. The summed E-state index contributed by atoms with van der Waals surface area (Å²) < 4.78 is 25.6. The Kier molecular flexibility index (Phi) is 6.65. The number of carbonyl (C=O) groups excluding carboxylic acids is 1. The number of carbonyl (C=O) groups is 1. The molecule has 0 unspecified atom stereocenters. The summed E-state index contributed by atoms with van der Waals surface area (Å²) >= 11 is 7.42. The zero-order valence-electron chi connectivity index (χ0n) is 17.9. The molecule has 1 aromatic heterocycles. The number of aromatic nitrogens is 2. The molecule has 0 spiro atoms. The molecule has 32 heavy (non-hydrogen) atoms. The Morgan fingerprint density at radius 3 is 2.59 bits per heavy atom. The fourth-order valence-electron chi connectivity index (χ4n) is 3.82. The maximum Gasteiger partial charge on any atom is 0.233 e. The average Bonchev–Trinajstić information content (AvgIpc) is 3.35. The summed E-state index contributed by atoms with van der Waals surface area (Å²) in [6.07, 6.45) is 2.30. The van der Waals surface area contributed by atoms with Crippen molar-refractivity contribution in [3.8, 4) is 16.9 Å². The van der Waals surface area contributed by atoms with Gasteiger partial charge in [-0.2, -0.15) is 0 Å². The average molecular weight is 490 g/mol. The lowest BCUT2D eigenvalue weighted by Gasteiger charge is -2.23. The number of rotatable bonds is 6. The van der Waals surface area contributed by atoms with Crippen molar-refractivity contribution in [2.75, 3.05) is 24.3 Å². The first kappa shape index (κ1) is 22.9. The van der Waals surface area contributed by atoms with E-state index in [9.17, 15) is 13.2 Å². The molecular weight excluding hydrogens is 466 g/mol. The van der Waals surface area contributed by atoms with Gasteiger partial charge in [0.2, 0.25) is 5.91 Å². The van der Waals surface area contributed by atoms with Gasteiger partial charge in [0, 0.05) is 23.7 Å². The largest absolute Gasteiger partial charge is 0.341 e. The maximum absolute atomic E-state index is 12.8. The van der Waals surface area contributed by atoms with E-state index in [1.807, 2.05) is 55.5 Å².